The lowest BCUT2D eigenvalue weighted by Crippen LogP contribution is -2.35. The Morgan fingerprint density at radius 3 is 2.69 bits per heavy atom. The van der Waals surface area contributed by atoms with Crippen LogP contribution in [0.1, 0.15) is 18.3 Å². The van der Waals surface area contributed by atoms with Crippen molar-refractivity contribution in [2.24, 2.45) is 0 Å². The third-order valence-electron chi connectivity index (χ3n) is 6.26. The highest BCUT2D eigenvalue weighted by Gasteiger charge is 2.27. The van der Waals surface area contributed by atoms with E-state index in [-0.39, 0.29) is 19.1 Å². The number of benzene rings is 2. The van der Waals surface area contributed by atoms with E-state index in [0.717, 1.165) is 39.1 Å². The van der Waals surface area contributed by atoms with Crippen LogP contribution in [0.25, 0.3) is 33.5 Å². The summed E-state index contributed by atoms with van der Waals surface area (Å²) in [5.41, 5.74) is 6.35. The normalized spacial score (nSPS) is 13.2. The van der Waals surface area contributed by atoms with Gasteiger partial charge in [0.25, 0.3) is 5.91 Å². The van der Waals surface area contributed by atoms with E-state index < -0.39 is 5.97 Å². The third-order valence-corrected chi connectivity index (χ3v) is 6.26. The number of fused-ring (bicyclic) bond motifs is 1. The van der Waals surface area contributed by atoms with E-state index >= 15 is 0 Å². The molecule has 4 heterocycles. The van der Waals surface area contributed by atoms with Gasteiger partial charge in [0, 0.05) is 18.0 Å². The molecular formula is C27H22N6O3. The molecule has 9 heteroatoms. The lowest BCUT2D eigenvalue weighted by Gasteiger charge is -2.19. The summed E-state index contributed by atoms with van der Waals surface area (Å²) in [6, 6.07) is 15.4. The summed E-state index contributed by atoms with van der Waals surface area (Å²) in [5, 5.41) is 0. The van der Waals surface area contributed by atoms with E-state index in [9.17, 15) is 9.59 Å². The van der Waals surface area contributed by atoms with E-state index in [1.54, 1.807) is 31.7 Å². The summed E-state index contributed by atoms with van der Waals surface area (Å²) in [6.45, 7) is 3.77. The fourth-order valence-corrected chi connectivity index (χ4v) is 4.71. The Balaban J connectivity index is 1.45. The third kappa shape index (κ3) is 3.44. The van der Waals surface area contributed by atoms with Crippen molar-refractivity contribution >= 4 is 45.3 Å². The van der Waals surface area contributed by atoms with Gasteiger partial charge in [0.15, 0.2) is 0 Å². The first-order valence-corrected chi connectivity index (χ1v) is 11.6. The molecule has 5 aromatic rings. The highest BCUT2D eigenvalue weighted by molar-refractivity contribution is 6.14. The number of amides is 1. The number of imidazole rings is 2. The van der Waals surface area contributed by atoms with Crippen molar-refractivity contribution < 1.29 is 14.3 Å². The molecular weight excluding hydrogens is 456 g/mol. The number of carbonyl (C=O) groups is 2. The van der Waals surface area contributed by atoms with Gasteiger partial charge < -0.3 is 4.74 Å². The zero-order valence-corrected chi connectivity index (χ0v) is 19.8. The Morgan fingerprint density at radius 1 is 1.06 bits per heavy atom. The van der Waals surface area contributed by atoms with Gasteiger partial charge in [-0.25, -0.2) is 9.97 Å². The predicted molar refractivity (Wildman–Crippen MR) is 136 cm³/mol. The van der Waals surface area contributed by atoms with E-state index in [1.807, 2.05) is 60.0 Å². The minimum atomic E-state index is -0.465. The molecule has 0 N–H and O–H groups in total. The van der Waals surface area contributed by atoms with Gasteiger partial charge in [-0.05, 0) is 49.7 Å². The van der Waals surface area contributed by atoms with Gasteiger partial charge in [-0.1, -0.05) is 18.2 Å². The first kappa shape index (κ1) is 21.7. The lowest BCUT2D eigenvalue weighted by molar-refractivity contribution is -0.142. The first-order valence-electron chi connectivity index (χ1n) is 11.6. The topological polar surface area (TPSA) is 95.1 Å². The first-order chi connectivity index (χ1) is 17.5. The number of esters is 1. The van der Waals surface area contributed by atoms with Crippen LogP contribution in [0, 0.1) is 6.92 Å². The van der Waals surface area contributed by atoms with Crippen LogP contribution >= 0.6 is 0 Å². The maximum Gasteiger partial charge on any atom is 0.326 e. The molecule has 1 aliphatic heterocycles. The fraction of sp³-hybridized carbons (Fsp3) is 0.148. The zero-order chi connectivity index (χ0) is 24.8. The van der Waals surface area contributed by atoms with Crippen LogP contribution in [0.3, 0.4) is 0 Å². The van der Waals surface area contributed by atoms with Gasteiger partial charge in [0.2, 0.25) is 0 Å². The summed E-state index contributed by atoms with van der Waals surface area (Å²) >= 11 is 0. The van der Waals surface area contributed by atoms with Crippen LogP contribution in [-0.2, 0) is 14.3 Å². The molecule has 0 radical (unpaired) electrons. The van der Waals surface area contributed by atoms with Gasteiger partial charge in [0.1, 0.15) is 24.2 Å². The maximum atomic E-state index is 13.4. The summed E-state index contributed by atoms with van der Waals surface area (Å²) < 4.78 is 9.08. The Hall–Kier alpha value is -4.79. The van der Waals surface area contributed by atoms with Crippen molar-refractivity contribution in [3.63, 3.8) is 0 Å². The van der Waals surface area contributed by atoms with E-state index in [2.05, 4.69) is 19.5 Å². The van der Waals surface area contributed by atoms with Crippen molar-refractivity contribution in [3.05, 3.63) is 84.7 Å². The number of para-hydroxylation sites is 1. The fourth-order valence-electron chi connectivity index (χ4n) is 4.71. The second-order valence-corrected chi connectivity index (χ2v) is 8.42. The largest absolute Gasteiger partial charge is 0.465 e. The SMILES string of the molecule is CCOC(=O)CN1C(=O)C=C(c2ccc(-n3c(C)nc4cnccc43)cc2)n2cnc3cccc1c32. The van der Waals surface area contributed by atoms with Crippen LogP contribution in [0.15, 0.2) is 73.3 Å². The number of hydrogen-bond donors (Lipinski definition) is 0. The van der Waals surface area contributed by atoms with Crippen LogP contribution in [0.2, 0.25) is 0 Å². The maximum absolute atomic E-state index is 13.4. The van der Waals surface area contributed by atoms with Gasteiger partial charge >= 0.3 is 5.97 Å². The standard InChI is InChI=1S/C27H22N6O3/c1-3-36-26(35)15-31-23-6-4-5-20-27(23)32(16-29-20)24(13-25(31)34)18-7-9-19(10-8-18)33-17(2)30-21-14-28-12-11-22(21)33/h4-14,16H,3,15H2,1-2H3. The van der Waals surface area contributed by atoms with E-state index in [1.165, 1.54) is 4.90 Å². The van der Waals surface area contributed by atoms with Crippen LogP contribution in [0.4, 0.5) is 5.69 Å². The van der Waals surface area contributed by atoms with E-state index in [0.29, 0.717) is 11.4 Å². The molecule has 1 amide bonds. The average Bonchev–Trinajstić information content (AvgIpc) is 3.43. The van der Waals surface area contributed by atoms with Crippen LogP contribution in [0.5, 0.6) is 0 Å². The minimum absolute atomic E-state index is 0.179. The summed E-state index contributed by atoms with van der Waals surface area (Å²) in [4.78, 5) is 40.4. The Morgan fingerprint density at radius 2 is 1.89 bits per heavy atom. The molecule has 0 fully saturated rings. The van der Waals surface area contributed by atoms with Crippen molar-refractivity contribution in [2.75, 3.05) is 18.1 Å². The smallest absolute Gasteiger partial charge is 0.326 e. The number of anilines is 1. The molecule has 0 saturated carbocycles. The van der Waals surface area contributed by atoms with Gasteiger partial charge in [-0.2, -0.15) is 0 Å². The van der Waals surface area contributed by atoms with Crippen molar-refractivity contribution in [1.82, 2.24) is 24.1 Å². The molecule has 0 spiro atoms. The molecule has 178 valence electrons. The molecule has 0 bridgehead atoms. The summed E-state index contributed by atoms with van der Waals surface area (Å²) in [7, 11) is 0. The summed E-state index contributed by atoms with van der Waals surface area (Å²) in [6.07, 6.45) is 6.74. The van der Waals surface area contributed by atoms with Crippen molar-refractivity contribution in [1.29, 1.82) is 0 Å². The van der Waals surface area contributed by atoms with Crippen molar-refractivity contribution in [2.45, 2.75) is 13.8 Å². The monoisotopic (exact) mass is 478 g/mol. The number of pyridine rings is 1. The second-order valence-electron chi connectivity index (χ2n) is 8.42. The lowest BCUT2D eigenvalue weighted by atomic mass is 10.1. The minimum Gasteiger partial charge on any atom is -0.465 e. The van der Waals surface area contributed by atoms with Crippen molar-refractivity contribution in [3.8, 4) is 5.69 Å². The number of carbonyl (C=O) groups excluding carboxylic acids is 2. The van der Waals surface area contributed by atoms with Gasteiger partial charge in [0.05, 0.1) is 40.7 Å². The molecule has 1 aliphatic rings. The van der Waals surface area contributed by atoms with Gasteiger partial charge in [-0.15, -0.1) is 0 Å². The zero-order valence-electron chi connectivity index (χ0n) is 19.8. The highest BCUT2D eigenvalue weighted by atomic mass is 16.5. The molecule has 0 unspecified atom stereocenters. The molecule has 0 saturated heterocycles. The van der Waals surface area contributed by atoms with Crippen LogP contribution < -0.4 is 4.90 Å². The molecule has 0 atom stereocenters. The number of ether oxygens (including phenoxy) is 1. The number of aromatic nitrogens is 5. The molecule has 3 aromatic heterocycles. The van der Waals surface area contributed by atoms with Crippen LogP contribution in [-0.4, -0.2) is 49.1 Å². The highest BCUT2D eigenvalue weighted by Crippen LogP contribution is 2.34. The Labute approximate surface area is 206 Å². The number of hydrogen-bond acceptors (Lipinski definition) is 6. The number of nitrogens with zero attached hydrogens (tertiary/aromatic N) is 6. The Bertz CT molecular complexity index is 1680. The second kappa shape index (κ2) is 8.46. The molecule has 6 rings (SSSR count). The molecule has 36 heavy (non-hydrogen) atoms. The molecule has 9 nitrogen and oxygen atoms in total. The number of aryl methyl sites for hydroxylation is 1. The molecule has 0 aliphatic carbocycles. The number of rotatable bonds is 5. The average molecular weight is 479 g/mol. The quantitative estimate of drug-likeness (QED) is 0.356. The van der Waals surface area contributed by atoms with E-state index in [4.69, 9.17) is 4.74 Å². The predicted octanol–water partition coefficient (Wildman–Crippen LogP) is 3.88. The van der Waals surface area contributed by atoms with Gasteiger partial charge in [-0.3, -0.25) is 28.6 Å². The summed E-state index contributed by atoms with van der Waals surface area (Å²) in [5.74, 6) is 0.0880. The molecule has 2 aromatic carbocycles. The Kier molecular flexibility index (Phi) is 5.10.